The highest BCUT2D eigenvalue weighted by molar-refractivity contribution is 8.00. The summed E-state index contributed by atoms with van der Waals surface area (Å²) in [5.41, 5.74) is 0. The molecule has 3 aliphatic rings. The van der Waals surface area contributed by atoms with Gasteiger partial charge in [0.1, 0.15) is 17.2 Å². The lowest BCUT2D eigenvalue weighted by Gasteiger charge is -2.09. The van der Waals surface area contributed by atoms with Gasteiger partial charge >= 0.3 is 5.97 Å². The van der Waals surface area contributed by atoms with Crippen molar-refractivity contribution in [2.75, 3.05) is 0 Å². The molecule has 3 fully saturated rings. The lowest BCUT2D eigenvalue weighted by atomic mass is 10.3. The van der Waals surface area contributed by atoms with E-state index in [0.717, 1.165) is 17.4 Å². The normalized spacial score (nSPS) is 30.7. The van der Waals surface area contributed by atoms with E-state index in [1.807, 2.05) is 6.92 Å². The highest BCUT2D eigenvalue weighted by Crippen LogP contribution is 2.46. The van der Waals surface area contributed by atoms with Gasteiger partial charge in [0, 0.05) is 18.4 Å². The molecule has 1 saturated heterocycles. The Morgan fingerprint density at radius 3 is 2.63 bits per heavy atom. The van der Waals surface area contributed by atoms with Crippen LogP contribution in [0.15, 0.2) is 5.16 Å². The Morgan fingerprint density at radius 2 is 2.05 bits per heavy atom. The van der Waals surface area contributed by atoms with Gasteiger partial charge in [-0.25, -0.2) is 0 Å². The van der Waals surface area contributed by atoms with Gasteiger partial charge in [0.05, 0.1) is 0 Å². The van der Waals surface area contributed by atoms with Crippen LogP contribution in [-0.2, 0) is 9.53 Å². The first kappa shape index (κ1) is 11.8. The maximum Gasteiger partial charge on any atom is 0.319 e. The summed E-state index contributed by atoms with van der Waals surface area (Å²) >= 11 is 1.54. The molecular formula is C13H17N3O2S. The molecule has 0 bridgehead atoms. The molecule has 5 nitrogen and oxygen atoms in total. The predicted octanol–water partition coefficient (Wildman–Crippen LogP) is 2.29. The van der Waals surface area contributed by atoms with Crippen LogP contribution in [0.3, 0.4) is 0 Å². The lowest BCUT2D eigenvalue weighted by molar-refractivity contribution is -0.140. The summed E-state index contributed by atoms with van der Waals surface area (Å²) in [6.07, 6.45) is 5.72. The molecular weight excluding hydrogens is 262 g/mol. The first-order chi connectivity index (χ1) is 9.22. The maximum absolute atomic E-state index is 11.7. The van der Waals surface area contributed by atoms with Crippen LogP contribution in [0.25, 0.3) is 0 Å². The molecule has 1 aromatic rings. The zero-order valence-corrected chi connectivity index (χ0v) is 11.7. The van der Waals surface area contributed by atoms with Crippen molar-refractivity contribution in [3.63, 3.8) is 0 Å². The van der Waals surface area contributed by atoms with Crippen molar-refractivity contribution >= 4 is 17.7 Å². The Morgan fingerprint density at radius 1 is 1.26 bits per heavy atom. The summed E-state index contributed by atoms with van der Waals surface area (Å²) in [5, 5.41) is 9.50. The van der Waals surface area contributed by atoms with Crippen LogP contribution in [0.5, 0.6) is 0 Å². The molecule has 0 N–H and O–H groups in total. The maximum atomic E-state index is 11.7. The largest absolute Gasteiger partial charge is 0.462 e. The molecule has 0 unspecified atom stereocenters. The van der Waals surface area contributed by atoms with Crippen molar-refractivity contribution in [3.8, 4) is 0 Å². The first-order valence-corrected chi connectivity index (χ1v) is 7.92. The number of thioether (sulfide) groups is 1. The highest BCUT2D eigenvalue weighted by atomic mass is 32.2. The number of hydrogen-bond donors (Lipinski definition) is 0. The fourth-order valence-corrected chi connectivity index (χ4v) is 3.83. The number of aromatic nitrogens is 3. The van der Waals surface area contributed by atoms with E-state index >= 15 is 0 Å². The van der Waals surface area contributed by atoms with E-state index in [-0.39, 0.29) is 17.3 Å². The molecule has 0 aromatic carbocycles. The first-order valence-electron chi connectivity index (χ1n) is 7.04. The zero-order chi connectivity index (χ0) is 13.0. The minimum Gasteiger partial charge on any atom is -0.462 e. The van der Waals surface area contributed by atoms with Gasteiger partial charge in [0.15, 0.2) is 5.16 Å². The van der Waals surface area contributed by atoms with E-state index in [9.17, 15) is 4.79 Å². The van der Waals surface area contributed by atoms with Crippen LogP contribution >= 0.6 is 11.8 Å². The van der Waals surface area contributed by atoms with Crippen LogP contribution in [0.1, 0.15) is 56.8 Å². The van der Waals surface area contributed by atoms with Gasteiger partial charge in [-0.3, -0.25) is 4.79 Å². The lowest BCUT2D eigenvalue weighted by Crippen LogP contribution is -2.11. The Labute approximate surface area is 116 Å². The number of rotatable bonds is 4. The van der Waals surface area contributed by atoms with E-state index < -0.39 is 0 Å². The number of carbonyl (C=O) groups is 1. The summed E-state index contributed by atoms with van der Waals surface area (Å²) in [6, 6.07) is 0.572. The fourth-order valence-electron chi connectivity index (χ4n) is 2.61. The molecule has 19 heavy (non-hydrogen) atoms. The number of ether oxygens (including phenoxy) is 1. The van der Waals surface area contributed by atoms with Crippen molar-refractivity contribution in [2.45, 2.75) is 67.5 Å². The van der Waals surface area contributed by atoms with E-state index in [2.05, 4.69) is 14.8 Å². The molecule has 1 aromatic heterocycles. The number of cyclic esters (lactones) is 1. The fraction of sp³-hybridized carbons (Fsp3) is 0.769. The monoisotopic (exact) mass is 279 g/mol. The van der Waals surface area contributed by atoms with Gasteiger partial charge in [-0.05, 0) is 32.6 Å². The van der Waals surface area contributed by atoms with E-state index in [1.165, 1.54) is 37.4 Å². The second kappa shape index (κ2) is 4.23. The summed E-state index contributed by atoms with van der Waals surface area (Å²) in [7, 11) is 0. The van der Waals surface area contributed by atoms with E-state index in [4.69, 9.17) is 4.74 Å². The molecule has 2 heterocycles. The number of hydrogen-bond acceptors (Lipinski definition) is 5. The molecule has 1 aliphatic heterocycles. The second-order valence-corrected chi connectivity index (χ2v) is 6.98. The van der Waals surface area contributed by atoms with Crippen molar-refractivity contribution in [3.05, 3.63) is 5.82 Å². The Hall–Kier alpha value is -1.04. The van der Waals surface area contributed by atoms with Gasteiger partial charge in [-0.1, -0.05) is 11.8 Å². The minimum absolute atomic E-state index is 0.0326. The van der Waals surface area contributed by atoms with Crippen molar-refractivity contribution in [1.29, 1.82) is 0 Å². The molecule has 2 atom stereocenters. The van der Waals surface area contributed by atoms with Crippen LogP contribution in [0, 0.1) is 0 Å². The third-order valence-electron chi connectivity index (χ3n) is 3.92. The van der Waals surface area contributed by atoms with Gasteiger partial charge in [0.25, 0.3) is 0 Å². The van der Waals surface area contributed by atoms with Gasteiger partial charge in [0.2, 0.25) is 0 Å². The van der Waals surface area contributed by atoms with Gasteiger partial charge in [-0.15, -0.1) is 10.2 Å². The van der Waals surface area contributed by atoms with Gasteiger partial charge < -0.3 is 9.30 Å². The molecule has 0 radical (unpaired) electrons. The molecule has 4 rings (SSSR count). The summed E-state index contributed by atoms with van der Waals surface area (Å²) < 4.78 is 7.50. The van der Waals surface area contributed by atoms with E-state index in [1.54, 1.807) is 0 Å². The summed E-state index contributed by atoms with van der Waals surface area (Å²) in [5.74, 6) is 1.65. The molecule has 2 saturated carbocycles. The van der Waals surface area contributed by atoms with Crippen LogP contribution < -0.4 is 0 Å². The average molecular weight is 279 g/mol. The molecule has 102 valence electrons. The quantitative estimate of drug-likeness (QED) is 0.791. The second-order valence-electron chi connectivity index (χ2n) is 5.81. The predicted molar refractivity (Wildman–Crippen MR) is 70.1 cm³/mol. The summed E-state index contributed by atoms with van der Waals surface area (Å²) in [4.78, 5) is 11.7. The van der Waals surface area contributed by atoms with Gasteiger partial charge in [-0.2, -0.15) is 0 Å². The summed E-state index contributed by atoms with van der Waals surface area (Å²) in [6.45, 7) is 1.94. The Bertz CT molecular complexity index is 522. The van der Waals surface area contributed by atoms with Crippen LogP contribution in [-0.4, -0.2) is 32.1 Å². The highest BCUT2D eigenvalue weighted by Gasteiger charge is 2.39. The number of nitrogens with zero attached hydrogens (tertiary/aromatic N) is 3. The molecule has 6 heteroatoms. The standard InChI is InChI=1S/C13H17N3O2S/c1-7-6-10(12(17)18-7)19-13-15-14-11(8-2-3-8)16(13)9-4-5-9/h7-10H,2-6H2,1H3/t7-,10+/m0/s1. The zero-order valence-electron chi connectivity index (χ0n) is 10.9. The topological polar surface area (TPSA) is 57.0 Å². The number of esters is 1. The molecule has 0 spiro atoms. The molecule has 2 aliphatic carbocycles. The smallest absolute Gasteiger partial charge is 0.319 e. The minimum atomic E-state index is -0.108. The Balaban J connectivity index is 1.59. The Kier molecular flexibility index (Phi) is 2.62. The van der Waals surface area contributed by atoms with Crippen LogP contribution in [0.2, 0.25) is 0 Å². The van der Waals surface area contributed by atoms with E-state index in [0.29, 0.717) is 12.0 Å². The third-order valence-corrected chi connectivity index (χ3v) is 5.08. The SMILES string of the molecule is C[C@H]1C[C@@H](Sc2nnc(C3CC3)n2C2CC2)C(=O)O1. The van der Waals surface area contributed by atoms with Crippen molar-refractivity contribution in [1.82, 2.24) is 14.8 Å². The van der Waals surface area contributed by atoms with Crippen molar-refractivity contribution in [2.24, 2.45) is 0 Å². The average Bonchev–Trinajstić information content (AvgIpc) is 3.28. The third kappa shape index (κ3) is 2.16. The van der Waals surface area contributed by atoms with Crippen molar-refractivity contribution < 1.29 is 9.53 Å². The van der Waals surface area contributed by atoms with Crippen LogP contribution in [0.4, 0.5) is 0 Å². The number of carbonyl (C=O) groups excluding carboxylic acids is 1. The molecule has 0 amide bonds.